The van der Waals surface area contributed by atoms with E-state index in [1.807, 2.05) is 45.0 Å². The molecule has 176 valence electrons. The van der Waals surface area contributed by atoms with Crippen LogP contribution < -0.4 is 16.2 Å². The topological polar surface area (TPSA) is 124 Å². The average Bonchev–Trinajstić information content (AvgIpc) is 2.71. The van der Waals surface area contributed by atoms with Crippen LogP contribution in [0, 0.1) is 5.92 Å². The number of ether oxygens (including phenoxy) is 1. The summed E-state index contributed by atoms with van der Waals surface area (Å²) in [5, 5.41) is 10.3. The maximum Gasteiger partial charge on any atom is 0.252 e. The molecule has 0 aliphatic rings. The molecule has 0 radical (unpaired) electrons. The third-order valence-electron chi connectivity index (χ3n) is 5.26. The summed E-state index contributed by atoms with van der Waals surface area (Å²) in [7, 11) is 1.60. The van der Waals surface area contributed by atoms with Gasteiger partial charge in [0, 0.05) is 29.8 Å². The number of primary amides is 1. The highest BCUT2D eigenvalue weighted by Crippen LogP contribution is 2.21. The third kappa shape index (κ3) is 7.64. The fourth-order valence-electron chi connectivity index (χ4n) is 3.15. The van der Waals surface area contributed by atoms with Gasteiger partial charge in [-0.15, -0.1) is 0 Å². The van der Waals surface area contributed by atoms with Gasteiger partial charge in [-0.1, -0.05) is 26.3 Å². The zero-order valence-corrected chi connectivity index (χ0v) is 20.4. The van der Waals surface area contributed by atoms with E-state index in [1.165, 1.54) is 0 Å². The van der Waals surface area contributed by atoms with E-state index in [2.05, 4.69) is 23.8 Å². The lowest BCUT2D eigenvalue weighted by atomic mass is 9.89. The number of pyridine rings is 1. The van der Waals surface area contributed by atoms with Crippen LogP contribution in [-0.2, 0) is 4.79 Å². The molecule has 0 saturated carbocycles. The van der Waals surface area contributed by atoms with Gasteiger partial charge in [-0.05, 0) is 58.2 Å². The second-order valence-corrected chi connectivity index (χ2v) is 8.33. The lowest BCUT2D eigenvalue weighted by Gasteiger charge is -2.25. The van der Waals surface area contributed by atoms with Crippen molar-refractivity contribution in [3.63, 3.8) is 0 Å². The average molecular weight is 443 g/mol. The Labute approximate surface area is 191 Å². The Kier molecular flexibility index (Phi) is 10.3. The minimum Gasteiger partial charge on any atom is -0.478 e. The zero-order valence-electron chi connectivity index (χ0n) is 20.4. The number of nitrogens with zero attached hydrogens (tertiary/aromatic N) is 2. The lowest BCUT2D eigenvalue weighted by molar-refractivity contribution is -0.114. The Morgan fingerprint density at radius 3 is 2.31 bits per heavy atom. The Hall–Kier alpha value is -2.93. The fraction of sp³-hybridized carbons (Fsp3) is 0.480. The summed E-state index contributed by atoms with van der Waals surface area (Å²) in [5.41, 5.74) is 13.3. The summed E-state index contributed by atoms with van der Waals surface area (Å²) >= 11 is 0. The number of rotatable bonds is 8. The molecular formula is C25H38N4O3. The minimum atomic E-state index is -0.601. The molecule has 7 nitrogen and oxygen atoms in total. The second kappa shape index (κ2) is 12.2. The van der Waals surface area contributed by atoms with Crippen molar-refractivity contribution in [3.8, 4) is 5.88 Å². The van der Waals surface area contributed by atoms with Crippen molar-refractivity contribution in [2.75, 3.05) is 13.7 Å². The van der Waals surface area contributed by atoms with E-state index in [9.17, 15) is 9.90 Å². The van der Waals surface area contributed by atoms with Crippen molar-refractivity contribution < 1.29 is 14.6 Å². The van der Waals surface area contributed by atoms with E-state index in [1.54, 1.807) is 20.0 Å². The van der Waals surface area contributed by atoms with E-state index in [-0.39, 0.29) is 5.57 Å². The SMILES string of the molecule is CCCC(C)C(C)(C)O.CCOc1ccc2cc(C(=NC)/C(C(N)=O)=C(\C)N)ccc2n1. The first-order valence-corrected chi connectivity index (χ1v) is 11.0. The standard InChI is InChI=1S/C17H20N4O2.C8H18O/c1-4-23-14-8-6-11-9-12(5-7-13(11)21-14)16(20-3)15(10(2)18)17(19)22;1-5-6-7(2)8(3,4)9/h5-9H,4,18H2,1-3H3,(H2,19,22);7,9H,5-6H2,1-4H3/b15-10-,20-16?;. The van der Waals surface area contributed by atoms with Crippen molar-refractivity contribution >= 4 is 22.5 Å². The van der Waals surface area contributed by atoms with Crippen LogP contribution in [0.25, 0.3) is 10.9 Å². The molecule has 1 amide bonds. The second-order valence-electron chi connectivity index (χ2n) is 8.33. The molecule has 1 heterocycles. The number of allylic oxidation sites excluding steroid dienone is 1. The zero-order chi connectivity index (χ0) is 24.5. The Bertz CT molecular complexity index is 971. The Morgan fingerprint density at radius 2 is 1.88 bits per heavy atom. The van der Waals surface area contributed by atoms with Crippen LogP contribution in [0.4, 0.5) is 0 Å². The summed E-state index contributed by atoms with van der Waals surface area (Å²) in [4.78, 5) is 20.3. The number of aromatic nitrogens is 1. The number of aliphatic hydroxyl groups is 1. The molecule has 1 aromatic carbocycles. The van der Waals surface area contributed by atoms with Gasteiger partial charge in [0.25, 0.3) is 5.91 Å². The molecule has 1 atom stereocenters. The molecule has 0 bridgehead atoms. The number of carbonyl (C=O) groups is 1. The van der Waals surface area contributed by atoms with Crippen LogP contribution in [0.3, 0.4) is 0 Å². The van der Waals surface area contributed by atoms with Crippen molar-refractivity contribution in [2.45, 2.75) is 60.0 Å². The molecule has 2 aromatic rings. The van der Waals surface area contributed by atoms with E-state index in [4.69, 9.17) is 16.2 Å². The number of nitrogens with two attached hydrogens (primary N) is 2. The summed E-state index contributed by atoms with van der Waals surface area (Å²) < 4.78 is 5.39. The van der Waals surface area contributed by atoms with Crippen LogP contribution >= 0.6 is 0 Å². The van der Waals surface area contributed by atoms with Gasteiger partial charge in [0.2, 0.25) is 5.88 Å². The van der Waals surface area contributed by atoms with E-state index in [0.29, 0.717) is 29.8 Å². The largest absolute Gasteiger partial charge is 0.478 e. The Morgan fingerprint density at radius 1 is 1.22 bits per heavy atom. The highest BCUT2D eigenvalue weighted by Gasteiger charge is 2.20. The number of carbonyl (C=O) groups excluding carboxylic acids is 1. The van der Waals surface area contributed by atoms with Crippen LogP contribution in [0.2, 0.25) is 0 Å². The van der Waals surface area contributed by atoms with Gasteiger partial charge in [-0.3, -0.25) is 9.79 Å². The molecule has 0 fully saturated rings. The highest BCUT2D eigenvalue weighted by atomic mass is 16.5. The van der Waals surface area contributed by atoms with Crippen LogP contribution in [0.1, 0.15) is 59.9 Å². The van der Waals surface area contributed by atoms with Crippen molar-refractivity contribution in [1.29, 1.82) is 0 Å². The maximum atomic E-state index is 11.7. The number of aliphatic imine (C=N–C) groups is 1. The highest BCUT2D eigenvalue weighted by molar-refractivity contribution is 6.28. The van der Waals surface area contributed by atoms with Gasteiger partial charge in [0.15, 0.2) is 0 Å². The lowest BCUT2D eigenvalue weighted by Crippen LogP contribution is -2.28. The fourth-order valence-corrected chi connectivity index (χ4v) is 3.15. The molecule has 0 aliphatic carbocycles. The molecule has 2 rings (SSSR count). The van der Waals surface area contributed by atoms with Crippen molar-refractivity contribution in [1.82, 2.24) is 4.98 Å². The van der Waals surface area contributed by atoms with Gasteiger partial charge in [0.1, 0.15) is 0 Å². The summed E-state index contributed by atoms with van der Waals surface area (Å²) in [6.07, 6.45) is 2.27. The first kappa shape index (κ1) is 27.1. The number of hydrogen-bond acceptors (Lipinski definition) is 6. The quantitative estimate of drug-likeness (QED) is 0.422. The molecule has 0 saturated heterocycles. The minimum absolute atomic E-state index is 0.228. The monoisotopic (exact) mass is 442 g/mol. The summed E-state index contributed by atoms with van der Waals surface area (Å²) in [6.45, 7) is 12.1. The normalized spacial score (nSPS) is 13.7. The number of amides is 1. The summed E-state index contributed by atoms with van der Waals surface area (Å²) in [6, 6.07) is 9.29. The van der Waals surface area contributed by atoms with Gasteiger partial charge < -0.3 is 21.3 Å². The molecule has 5 N–H and O–H groups in total. The molecule has 0 aliphatic heterocycles. The Balaban J connectivity index is 0.000000482. The first-order chi connectivity index (χ1) is 15.0. The maximum absolute atomic E-state index is 11.7. The number of hydrogen-bond donors (Lipinski definition) is 3. The predicted molar refractivity (Wildman–Crippen MR) is 132 cm³/mol. The van der Waals surface area contributed by atoms with Crippen molar-refractivity contribution in [2.24, 2.45) is 22.4 Å². The molecule has 32 heavy (non-hydrogen) atoms. The van der Waals surface area contributed by atoms with Crippen LogP contribution in [0.5, 0.6) is 5.88 Å². The molecular weight excluding hydrogens is 404 g/mol. The van der Waals surface area contributed by atoms with Gasteiger partial charge in [-0.25, -0.2) is 4.98 Å². The van der Waals surface area contributed by atoms with Gasteiger partial charge in [-0.2, -0.15) is 0 Å². The smallest absolute Gasteiger partial charge is 0.252 e. The number of benzene rings is 1. The van der Waals surface area contributed by atoms with Crippen LogP contribution in [-0.4, -0.2) is 41.0 Å². The molecule has 7 heteroatoms. The third-order valence-corrected chi connectivity index (χ3v) is 5.26. The molecule has 1 unspecified atom stereocenters. The van der Waals surface area contributed by atoms with E-state index in [0.717, 1.165) is 29.3 Å². The van der Waals surface area contributed by atoms with Crippen LogP contribution in [0.15, 0.2) is 46.6 Å². The van der Waals surface area contributed by atoms with E-state index >= 15 is 0 Å². The van der Waals surface area contributed by atoms with Gasteiger partial charge in [0.05, 0.1) is 29.0 Å². The first-order valence-electron chi connectivity index (χ1n) is 11.0. The summed E-state index contributed by atoms with van der Waals surface area (Å²) in [5.74, 6) is 0.394. The molecule has 1 aromatic heterocycles. The van der Waals surface area contributed by atoms with Gasteiger partial charge >= 0.3 is 0 Å². The number of fused-ring (bicyclic) bond motifs is 1. The molecule has 0 spiro atoms. The van der Waals surface area contributed by atoms with Crippen molar-refractivity contribution in [3.05, 3.63) is 47.2 Å². The van der Waals surface area contributed by atoms with E-state index < -0.39 is 11.5 Å². The predicted octanol–water partition coefficient (Wildman–Crippen LogP) is 3.96.